The second-order valence-electron chi connectivity index (χ2n) is 6.11. The molecule has 1 aliphatic rings. The molecule has 6 heteroatoms. The summed E-state index contributed by atoms with van der Waals surface area (Å²) in [5.74, 6) is 1.33. The van der Waals surface area contributed by atoms with Crippen LogP contribution in [0.25, 0.3) is 0 Å². The van der Waals surface area contributed by atoms with Crippen molar-refractivity contribution < 1.29 is 17.9 Å². The predicted octanol–water partition coefficient (Wildman–Crippen LogP) is 3.63. The van der Waals surface area contributed by atoms with Crippen LogP contribution >= 0.6 is 0 Å². The molecule has 25 heavy (non-hydrogen) atoms. The predicted molar refractivity (Wildman–Crippen MR) is 96.3 cm³/mol. The molecule has 0 aliphatic carbocycles. The number of hydrogen-bond donors (Lipinski definition) is 1. The van der Waals surface area contributed by atoms with Crippen molar-refractivity contribution in [2.75, 3.05) is 6.79 Å². The molecule has 0 fully saturated rings. The topological polar surface area (TPSA) is 64.6 Å². The molecule has 1 aliphatic heterocycles. The van der Waals surface area contributed by atoms with E-state index in [0.29, 0.717) is 11.5 Å². The van der Waals surface area contributed by atoms with Gasteiger partial charge in [-0.3, -0.25) is 0 Å². The standard InChI is InChI=1S/C19H23NO4S/c1-2-3-4-5-15-6-9-17(10-7-15)25(21,22)20-13-16-8-11-18-19(12-16)24-14-23-18/h6-12,20H,2-5,13-14H2,1H3. The van der Waals surface area contributed by atoms with Crippen molar-refractivity contribution in [2.24, 2.45) is 0 Å². The van der Waals surface area contributed by atoms with Crippen LogP contribution in [-0.2, 0) is 23.0 Å². The van der Waals surface area contributed by atoms with Crippen molar-refractivity contribution in [1.82, 2.24) is 4.72 Å². The fourth-order valence-corrected chi connectivity index (χ4v) is 3.74. The minimum atomic E-state index is -3.54. The van der Waals surface area contributed by atoms with Gasteiger partial charge in [-0.15, -0.1) is 0 Å². The van der Waals surface area contributed by atoms with E-state index in [1.165, 1.54) is 18.4 Å². The average molecular weight is 361 g/mol. The molecule has 0 radical (unpaired) electrons. The van der Waals surface area contributed by atoms with Crippen molar-refractivity contribution >= 4 is 10.0 Å². The zero-order chi connectivity index (χ0) is 17.7. The summed E-state index contributed by atoms with van der Waals surface area (Å²) in [7, 11) is -3.54. The van der Waals surface area contributed by atoms with Gasteiger partial charge in [-0.05, 0) is 48.2 Å². The normalized spacial score (nSPS) is 13.2. The fourth-order valence-electron chi connectivity index (χ4n) is 2.73. The number of rotatable bonds is 8. The zero-order valence-corrected chi connectivity index (χ0v) is 15.1. The summed E-state index contributed by atoms with van der Waals surface area (Å²) in [4.78, 5) is 0.285. The van der Waals surface area contributed by atoms with Crippen LogP contribution < -0.4 is 14.2 Å². The van der Waals surface area contributed by atoms with Crippen LogP contribution in [-0.4, -0.2) is 15.2 Å². The fraction of sp³-hybridized carbons (Fsp3) is 0.368. The number of ether oxygens (including phenoxy) is 2. The summed E-state index contributed by atoms with van der Waals surface area (Å²) in [6, 6.07) is 12.5. The Morgan fingerprint density at radius 2 is 1.68 bits per heavy atom. The molecule has 0 saturated heterocycles. The van der Waals surface area contributed by atoms with Crippen LogP contribution in [0.2, 0.25) is 0 Å². The molecule has 5 nitrogen and oxygen atoms in total. The molecule has 1 N–H and O–H groups in total. The highest BCUT2D eigenvalue weighted by molar-refractivity contribution is 7.89. The van der Waals surface area contributed by atoms with Crippen molar-refractivity contribution in [3.05, 3.63) is 53.6 Å². The first-order valence-corrected chi connectivity index (χ1v) is 10.0. The Morgan fingerprint density at radius 3 is 2.44 bits per heavy atom. The molecule has 0 spiro atoms. The summed E-state index contributed by atoms with van der Waals surface area (Å²) in [6.07, 6.45) is 4.48. The van der Waals surface area contributed by atoms with Gasteiger partial charge in [0.05, 0.1) is 4.90 Å². The lowest BCUT2D eigenvalue weighted by molar-refractivity contribution is 0.174. The Kier molecular flexibility index (Phi) is 5.60. The average Bonchev–Trinajstić information content (AvgIpc) is 3.08. The lowest BCUT2D eigenvalue weighted by atomic mass is 10.1. The van der Waals surface area contributed by atoms with Gasteiger partial charge >= 0.3 is 0 Å². The number of aryl methyl sites for hydroxylation is 1. The van der Waals surface area contributed by atoms with Gasteiger partial charge in [-0.2, -0.15) is 0 Å². The number of nitrogens with one attached hydrogen (secondary N) is 1. The molecule has 0 bridgehead atoms. The highest BCUT2D eigenvalue weighted by Crippen LogP contribution is 2.32. The summed E-state index contributed by atoms with van der Waals surface area (Å²) in [5.41, 5.74) is 1.99. The van der Waals surface area contributed by atoms with Gasteiger partial charge in [0.2, 0.25) is 16.8 Å². The summed E-state index contributed by atoms with van der Waals surface area (Å²) in [6.45, 7) is 2.58. The molecule has 0 amide bonds. The van der Waals surface area contributed by atoms with Gasteiger partial charge in [0.15, 0.2) is 11.5 Å². The van der Waals surface area contributed by atoms with E-state index >= 15 is 0 Å². The first-order valence-electron chi connectivity index (χ1n) is 8.55. The zero-order valence-electron chi connectivity index (χ0n) is 14.3. The number of benzene rings is 2. The number of hydrogen-bond acceptors (Lipinski definition) is 4. The van der Waals surface area contributed by atoms with E-state index in [-0.39, 0.29) is 18.2 Å². The molecule has 0 saturated carbocycles. The maximum Gasteiger partial charge on any atom is 0.240 e. The lowest BCUT2D eigenvalue weighted by Gasteiger charge is -2.08. The largest absolute Gasteiger partial charge is 0.454 e. The van der Waals surface area contributed by atoms with Crippen LogP contribution in [0.15, 0.2) is 47.4 Å². The molecule has 2 aromatic carbocycles. The monoisotopic (exact) mass is 361 g/mol. The molecule has 0 aromatic heterocycles. The third kappa shape index (κ3) is 4.52. The Balaban J connectivity index is 1.61. The van der Waals surface area contributed by atoms with Gasteiger partial charge in [-0.1, -0.05) is 38.0 Å². The van der Waals surface area contributed by atoms with Crippen LogP contribution in [0.1, 0.15) is 37.3 Å². The molecule has 1 heterocycles. The Labute approximate surface area is 149 Å². The molecular formula is C19H23NO4S. The maximum atomic E-state index is 12.4. The Bertz CT molecular complexity index is 816. The van der Waals surface area contributed by atoms with Crippen LogP contribution in [0.5, 0.6) is 11.5 Å². The van der Waals surface area contributed by atoms with Gasteiger partial charge in [0, 0.05) is 6.54 Å². The maximum absolute atomic E-state index is 12.4. The molecular weight excluding hydrogens is 338 g/mol. The van der Waals surface area contributed by atoms with Gasteiger partial charge in [-0.25, -0.2) is 13.1 Å². The van der Waals surface area contributed by atoms with Crippen LogP contribution in [0.4, 0.5) is 0 Å². The second kappa shape index (κ2) is 7.89. The van der Waals surface area contributed by atoms with Crippen molar-refractivity contribution in [3.8, 4) is 11.5 Å². The third-order valence-corrected chi connectivity index (χ3v) is 5.62. The second-order valence-corrected chi connectivity index (χ2v) is 7.88. The van der Waals surface area contributed by atoms with Crippen LogP contribution in [0, 0.1) is 0 Å². The van der Waals surface area contributed by atoms with Crippen LogP contribution in [0.3, 0.4) is 0 Å². The lowest BCUT2D eigenvalue weighted by Crippen LogP contribution is -2.23. The summed E-state index contributed by atoms with van der Waals surface area (Å²) >= 11 is 0. The quantitative estimate of drug-likeness (QED) is 0.729. The first kappa shape index (κ1) is 17.8. The van der Waals surface area contributed by atoms with E-state index in [0.717, 1.165) is 18.4 Å². The van der Waals surface area contributed by atoms with Crippen molar-refractivity contribution in [3.63, 3.8) is 0 Å². The summed E-state index contributed by atoms with van der Waals surface area (Å²) < 4.78 is 38.1. The third-order valence-electron chi connectivity index (χ3n) is 4.21. The van der Waals surface area contributed by atoms with Crippen molar-refractivity contribution in [1.29, 1.82) is 0 Å². The highest BCUT2D eigenvalue weighted by Gasteiger charge is 2.16. The molecule has 2 aromatic rings. The van der Waals surface area contributed by atoms with E-state index < -0.39 is 10.0 Å². The van der Waals surface area contributed by atoms with E-state index in [9.17, 15) is 8.42 Å². The SMILES string of the molecule is CCCCCc1ccc(S(=O)(=O)NCc2ccc3c(c2)OCO3)cc1. The Morgan fingerprint density at radius 1 is 0.960 bits per heavy atom. The van der Waals surface area contributed by atoms with Gasteiger partial charge < -0.3 is 9.47 Å². The van der Waals surface area contributed by atoms with Crippen molar-refractivity contribution in [2.45, 2.75) is 44.0 Å². The van der Waals surface area contributed by atoms with Gasteiger partial charge in [0.25, 0.3) is 0 Å². The van der Waals surface area contributed by atoms with E-state index in [1.807, 2.05) is 18.2 Å². The first-order chi connectivity index (χ1) is 12.1. The van der Waals surface area contributed by atoms with E-state index in [2.05, 4.69) is 11.6 Å². The minimum Gasteiger partial charge on any atom is -0.454 e. The molecule has 0 unspecified atom stereocenters. The highest BCUT2D eigenvalue weighted by atomic mass is 32.2. The Hall–Kier alpha value is -2.05. The summed E-state index contributed by atoms with van der Waals surface area (Å²) in [5, 5.41) is 0. The van der Waals surface area contributed by atoms with E-state index in [4.69, 9.17) is 9.47 Å². The number of unbranched alkanes of at least 4 members (excludes halogenated alkanes) is 2. The number of fused-ring (bicyclic) bond motifs is 1. The van der Waals surface area contributed by atoms with Gasteiger partial charge in [0.1, 0.15) is 0 Å². The smallest absolute Gasteiger partial charge is 0.240 e. The number of sulfonamides is 1. The molecule has 3 rings (SSSR count). The molecule has 0 atom stereocenters. The van der Waals surface area contributed by atoms with E-state index in [1.54, 1.807) is 24.3 Å². The molecule has 134 valence electrons. The minimum absolute atomic E-state index is 0.203.